The molecule has 0 saturated carbocycles. The molecule has 2 amide bonds. The molecule has 5 nitrogen and oxygen atoms in total. The van der Waals surface area contributed by atoms with Gasteiger partial charge >= 0.3 is 0 Å². The number of pyridine rings is 1. The van der Waals surface area contributed by atoms with Crippen molar-refractivity contribution in [2.75, 3.05) is 13.1 Å². The van der Waals surface area contributed by atoms with Gasteiger partial charge in [-0.25, -0.2) is 4.98 Å². The molecule has 1 heterocycles. The van der Waals surface area contributed by atoms with Gasteiger partial charge in [0.15, 0.2) is 0 Å². The van der Waals surface area contributed by atoms with Crippen LogP contribution in [0.1, 0.15) is 48.7 Å². The first-order valence-corrected chi connectivity index (χ1v) is 6.56. The van der Waals surface area contributed by atoms with Crippen LogP contribution in [0, 0.1) is 0 Å². The molecule has 5 heteroatoms. The molecule has 0 bridgehead atoms. The smallest absolute Gasteiger partial charge is 0.272 e. The summed E-state index contributed by atoms with van der Waals surface area (Å²) in [6, 6.07) is 4.96. The van der Waals surface area contributed by atoms with Crippen LogP contribution < -0.4 is 5.32 Å². The van der Waals surface area contributed by atoms with Crippen molar-refractivity contribution in [2.24, 2.45) is 0 Å². The fourth-order valence-electron chi connectivity index (χ4n) is 1.69. The molecule has 0 aromatic carbocycles. The maximum absolute atomic E-state index is 12.1. The highest BCUT2D eigenvalue weighted by molar-refractivity contribution is 5.96. The second kappa shape index (κ2) is 6.87. The van der Waals surface area contributed by atoms with Crippen molar-refractivity contribution in [2.45, 2.75) is 33.7 Å². The third-order valence-electron chi connectivity index (χ3n) is 2.67. The van der Waals surface area contributed by atoms with E-state index in [1.165, 1.54) is 0 Å². The summed E-state index contributed by atoms with van der Waals surface area (Å²) in [7, 11) is 0. The maximum atomic E-state index is 12.1. The molecule has 104 valence electrons. The van der Waals surface area contributed by atoms with Crippen LogP contribution in [0.15, 0.2) is 18.2 Å². The molecule has 0 saturated heterocycles. The SMILES string of the molecule is CCN(CC)C(=O)c1cccc(C(=O)NC(C)C)n1. The summed E-state index contributed by atoms with van der Waals surface area (Å²) in [6.45, 7) is 8.83. The van der Waals surface area contributed by atoms with Crippen molar-refractivity contribution >= 4 is 11.8 Å². The Hall–Kier alpha value is -1.91. The van der Waals surface area contributed by atoms with Crippen molar-refractivity contribution in [3.05, 3.63) is 29.6 Å². The zero-order valence-electron chi connectivity index (χ0n) is 11.9. The fraction of sp³-hybridized carbons (Fsp3) is 0.500. The van der Waals surface area contributed by atoms with E-state index in [-0.39, 0.29) is 23.6 Å². The zero-order valence-corrected chi connectivity index (χ0v) is 11.9. The van der Waals surface area contributed by atoms with Crippen molar-refractivity contribution < 1.29 is 9.59 Å². The zero-order chi connectivity index (χ0) is 14.4. The molecule has 0 atom stereocenters. The number of nitrogens with one attached hydrogen (secondary N) is 1. The highest BCUT2D eigenvalue weighted by Crippen LogP contribution is 2.04. The van der Waals surface area contributed by atoms with Gasteiger partial charge in [0.25, 0.3) is 11.8 Å². The van der Waals surface area contributed by atoms with E-state index in [1.807, 2.05) is 27.7 Å². The minimum Gasteiger partial charge on any atom is -0.349 e. The van der Waals surface area contributed by atoms with Crippen LogP contribution >= 0.6 is 0 Å². The molecule has 0 radical (unpaired) electrons. The molecule has 0 spiro atoms. The Morgan fingerprint density at radius 3 is 2.32 bits per heavy atom. The molecule has 19 heavy (non-hydrogen) atoms. The van der Waals surface area contributed by atoms with Gasteiger partial charge in [0.05, 0.1) is 0 Å². The van der Waals surface area contributed by atoms with Gasteiger partial charge in [0, 0.05) is 19.1 Å². The average Bonchev–Trinajstić information content (AvgIpc) is 2.39. The van der Waals surface area contributed by atoms with E-state index in [1.54, 1.807) is 23.1 Å². The number of aromatic nitrogens is 1. The van der Waals surface area contributed by atoms with Gasteiger partial charge in [0.2, 0.25) is 0 Å². The largest absolute Gasteiger partial charge is 0.349 e. The molecule has 0 fully saturated rings. The van der Waals surface area contributed by atoms with Gasteiger partial charge in [-0.05, 0) is 39.8 Å². The van der Waals surface area contributed by atoms with Crippen LogP contribution in [-0.2, 0) is 0 Å². The highest BCUT2D eigenvalue weighted by atomic mass is 16.2. The summed E-state index contributed by atoms with van der Waals surface area (Å²) in [5, 5.41) is 2.76. The van der Waals surface area contributed by atoms with Gasteiger partial charge in [-0.2, -0.15) is 0 Å². The molecule has 0 aliphatic carbocycles. The predicted octanol–water partition coefficient (Wildman–Crippen LogP) is 1.70. The van der Waals surface area contributed by atoms with Gasteiger partial charge < -0.3 is 10.2 Å². The standard InChI is InChI=1S/C14H21N3O2/c1-5-17(6-2)14(19)12-9-7-8-11(16-12)13(18)15-10(3)4/h7-10H,5-6H2,1-4H3,(H,15,18). The summed E-state index contributed by atoms with van der Waals surface area (Å²) in [5.41, 5.74) is 0.576. The predicted molar refractivity (Wildman–Crippen MR) is 74.1 cm³/mol. The normalized spacial score (nSPS) is 10.4. The Morgan fingerprint density at radius 2 is 1.79 bits per heavy atom. The van der Waals surface area contributed by atoms with Crippen molar-refractivity contribution in [1.82, 2.24) is 15.2 Å². The van der Waals surface area contributed by atoms with Crippen LogP contribution in [0.5, 0.6) is 0 Å². The monoisotopic (exact) mass is 263 g/mol. The summed E-state index contributed by atoms with van der Waals surface area (Å²) in [6.07, 6.45) is 0. The third kappa shape index (κ3) is 4.05. The number of hydrogen-bond donors (Lipinski definition) is 1. The van der Waals surface area contributed by atoms with Gasteiger partial charge in [-0.1, -0.05) is 6.07 Å². The molecule has 1 rings (SSSR count). The van der Waals surface area contributed by atoms with Crippen LogP contribution in [0.3, 0.4) is 0 Å². The lowest BCUT2D eigenvalue weighted by Gasteiger charge is -2.18. The van der Waals surface area contributed by atoms with Crippen molar-refractivity contribution in [1.29, 1.82) is 0 Å². The molecule has 0 aliphatic rings. The van der Waals surface area contributed by atoms with Crippen LogP contribution in [0.2, 0.25) is 0 Å². The number of amides is 2. The summed E-state index contributed by atoms with van der Waals surface area (Å²) >= 11 is 0. The first-order valence-electron chi connectivity index (χ1n) is 6.56. The van der Waals surface area contributed by atoms with E-state index in [0.29, 0.717) is 18.8 Å². The van der Waals surface area contributed by atoms with E-state index in [9.17, 15) is 9.59 Å². The molecule has 1 N–H and O–H groups in total. The van der Waals surface area contributed by atoms with Crippen LogP contribution in [0.25, 0.3) is 0 Å². The maximum Gasteiger partial charge on any atom is 0.272 e. The minimum atomic E-state index is -0.260. The quantitative estimate of drug-likeness (QED) is 0.879. The van der Waals surface area contributed by atoms with E-state index >= 15 is 0 Å². The van der Waals surface area contributed by atoms with E-state index < -0.39 is 0 Å². The molecular weight excluding hydrogens is 242 g/mol. The Morgan fingerprint density at radius 1 is 1.21 bits per heavy atom. The Balaban J connectivity index is 2.94. The number of hydrogen-bond acceptors (Lipinski definition) is 3. The summed E-state index contributed by atoms with van der Waals surface area (Å²) in [4.78, 5) is 29.8. The van der Waals surface area contributed by atoms with E-state index in [2.05, 4.69) is 10.3 Å². The Labute approximate surface area is 114 Å². The van der Waals surface area contributed by atoms with Crippen LogP contribution in [0.4, 0.5) is 0 Å². The highest BCUT2D eigenvalue weighted by Gasteiger charge is 2.16. The topological polar surface area (TPSA) is 62.3 Å². The van der Waals surface area contributed by atoms with Crippen LogP contribution in [-0.4, -0.2) is 40.8 Å². The lowest BCUT2D eigenvalue weighted by molar-refractivity contribution is 0.0767. The Bertz CT molecular complexity index is 454. The van der Waals surface area contributed by atoms with Gasteiger partial charge in [-0.15, -0.1) is 0 Å². The van der Waals surface area contributed by atoms with Crippen molar-refractivity contribution in [3.63, 3.8) is 0 Å². The second-order valence-electron chi connectivity index (χ2n) is 4.51. The van der Waals surface area contributed by atoms with E-state index in [4.69, 9.17) is 0 Å². The van der Waals surface area contributed by atoms with E-state index in [0.717, 1.165) is 0 Å². The molecule has 0 aliphatic heterocycles. The number of nitrogens with zero attached hydrogens (tertiary/aromatic N) is 2. The third-order valence-corrected chi connectivity index (χ3v) is 2.67. The molecule has 1 aromatic rings. The fourth-order valence-corrected chi connectivity index (χ4v) is 1.69. The first kappa shape index (κ1) is 15.1. The minimum absolute atomic E-state index is 0.0384. The van der Waals surface area contributed by atoms with Gasteiger partial charge in [-0.3, -0.25) is 9.59 Å². The Kier molecular flexibility index (Phi) is 5.48. The first-order chi connectivity index (χ1) is 8.99. The summed E-state index contributed by atoms with van der Waals surface area (Å²) in [5.74, 6) is -0.409. The lowest BCUT2D eigenvalue weighted by Crippen LogP contribution is -2.33. The van der Waals surface area contributed by atoms with Gasteiger partial charge in [0.1, 0.15) is 11.4 Å². The molecule has 0 unspecified atom stereocenters. The van der Waals surface area contributed by atoms with Crippen molar-refractivity contribution in [3.8, 4) is 0 Å². The summed E-state index contributed by atoms with van der Waals surface area (Å²) < 4.78 is 0. The molecule has 1 aromatic heterocycles. The average molecular weight is 263 g/mol. The lowest BCUT2D eigenvalue weighted by atomic mass is 10.2. The molecular formula is C14H21N3O2. The number of carbonyl (C=O) groups is 2. The second-order valence-corrected chi connectivity index (χ2v) is 4.51. The number of carbonyl (C=O) groups excluding carboxylic acids is 2. The number of rotatable bonds is 5.